The van der Waals surface area contributed by atoms with Gasteiger partial charge in [0.1, 0.15) is 0 Å². The quantitative estimate of drug-likeness (QED) is 0.170. The fourth-order valence-corrected chi connectivity index (χ4v) is 10.6. The first kappa shape index (κ1) is 33.0. The van der Waals surface area contributed by atoms with Crippen molar-refractivity contribution in [2.75, 3.05) is 4.90 Å². The first-order chi connectivity index (χ1) is 28.8. The molecule has 1 nitrogen and oxygen atoms in total. The summed E-state index contributed by atoms with van der Waals surface area (Å²) in [4.78, 5) is 2.53. The minimum atomic E-state index is -0.526. The molecule has 1 spiro atoms. The normalized spacial score (nSPS) is 17.2. The molecule has 58 heavy (non-hydrogen) atoms. The maximum absolute atomic E-state index is 2.53. The summed E-state index contributed by atoms with van der Waals surface area (Å²) < 4.78 is 0. The van der Waals surface area contributed by atoms with E-state index in [4.69, 9.17) is 0 Å². The van der Waals surface area contributed by atoms with E-state index in [2.05, 4.69) is 223 Å². The van der Waals surface area contributed by atoms with Gasteiger partial charge in [-0.05, 0) is 108 Å². The van der Waals surface area contributed by atoms with Crippen LogP contribution < -0.4 is 4.90 Å². The molecule has 0 radical (unpaired) electrons. The van der Waals surface area contributed by atoms with Gasteiger partial charge in [-0.3, -0.25) is 0 Å². The number of fused-ring (bicyclic) bond motifs is 11. The molecule has 0 aliphatic heterocycles. The van der Waals surface area contributed by atoms with Gasteiger partial charge in [0.2, 0.25) is 0 Å². The lowest BCUT2D eigenvalue weighted by Crippen LogP contribution is -2.32. The molecule has 0 aromatic heterocycles. The number of nitrogens with zero attached hydrogens (tertiary/aromatic N) is 1. The number of hydrogen-bond acceptors (Lipinski definition) is 1. The lowest BCUT2D eigenvalue weighted by Gasteiger charge is -2.40. The fraction of sp³-hybridized carbons (Fsp3) is 0.0526. The van der Waals surface area contributed by atoms with Crippen molar-refractivity contribution < 1.29 is 0 Å². The summed E-state index contributed by atoms with van der Waals surface area (Å²) in [5.41, 5.74) is 17.4. The molecular weight excluding hydrogens is 699 g/mol. The Hall–Kier alpha value is -7.22. The molecule has 3 aliphatic carbocycles. The van der Waals surface area contributed by atoms with Crippen molar-refractivity contribution in [2.24, 2.45) is 0 Å². The summed E-state index contributed by atoms with van der Waals surface area (Å²) in [7, 11) is 0. The van der Waals surface area contributed by atoms with E-state index in [1.165, 1.54) is 94.1 Å². The Morgan fingerprint density at radius 1 is 0.466 bits per heavy atom. The van der Waals surface area contributed by atoms with E-state index in [9.17, 15) is 0 Å². The molecule has 0 saturated heterocycles. The van der Waals surface area contributed by atoms with Gasteiger partial charge in [0.05, 0.1) is 11.1 Å². The lowest BCUT2D eigenvalue weighted by molar-refractivity contribution is 0.775. The number of allylic oxidation sites excluding steroid dienone is 3. The monoisotopic (exact) mass is 737 g/mol. The molecular formula is C57H39N. The molecule has 2 unspecified atom stereocenters. The van der Waals surface area contributed by atoms with E-state index in [0.717, 1.165) is 12.1 Å². The highest BCUT2D eigenvalue weighted by atomic mass is 15.2. The van der Waals surface area contributed by atoms with Gasteiger partial charge in [-0.15, -0.1) is 0 Å². The first-order valence-corrected chi connectivity index (χ1v) is 20.5. The van der Waals surface area contributed by atoms with E-state index in [-0.39, 0.29) is 0 Å². The molecule has 0 heterocycles. The van der Waals surface area contributed by atoms with Gasteiger partial charge in [-0.2, -0.15) is 0 Å². The van der Waals surface area contributed by atoms with Crippen LogP contribution in [0.3, 0.4) is 0 Å². The topological polar surface area (TPSA) is 3.24 Å². The predicted molar refractivity (Wildman–Crippen MR) is 243 cm³/mol. The van der Waals surface area contributed by atoms with Crippen molar-refractivity contribution in [3.8, 4) is 33.4 Å². The molecule has 0 fully saturated rings. The molecule has 2 atom stereocenters. The van der Waals surface area contributed by atoms with Crippen LogP contribution in [0.25, 0.3) is 54.9 Å². The zero-order valence-electron chi connectivity index (χ0n) is 32.0. The third-order valence-electron chi connectivity index (χ3n) is 13.0. The summed E-state index contributed by atoms with van der Waals surface area (Å²) in [6.45, 7) is 0. The Morgan fingerprint density at radius 3 is 1.98 bits per heavy atom. The van der Waals surface area contributed by atoms with Crippen LogP contribution in [0.5, 0.6) is 0 Å². The number of hydrogen-bond donors (Lipinski definition) is 0. The minimum Gasteiger partial charge on any atom is -0.310 e. The summed E-state index contributed by atoms with van der Waals surface area (Å²) >= 11 is 0. The number of rotatable bonds is 5. The van der Waals surface area contributed by atoms with Gasteiger partial charge in [-0.25, -0.2) is 0 Å². The molecule has 12 rings (SSSR count). The van der Waals surface area contributed by atoms with Gasteiger partial charge in [0.15, 0.2) is 0 Å². The molecule has 272 valence electrons. The summed E-state index contributed by atoms with van der Waals surface area (Å²) in [6, 6.07) is 74.5. The minimum absolute atomic E-state index is 0.335. The Kier molecular flexibility index (Phi) is 7.34. The van der Waals surface area contributed by atoms with Crippen LogP contribution in [0.1, 0.15) is 40.2 Å². The third kappa shape index (κ3) is 4.71. The lowest BCUT2D eigenvalue weighted by atomic mass is 9.61. The van der Waals surface area contributed by atoms with Crippen LogP contribution in [0.2, 0.25) is 0 Å². The van der Waals surface area contributed by atoms with Gasteiger partial charge in [0.25, 0.3) is 0 Å². The Balaban J connectivity index is 1.15. The summed E-state index contributed by atoms with van der Waals surface area (Å²) in [5.74, 6) is 0.335. The zero-order chi connectivity index (χ0) is 38.2. The second-order valence-corrected chi connectivity index (χ2v) is 15.9. The molecule has 1 heteroatoms. The smallest absolute Gasteiger partial charge is 0.0726 e. The van der Waals surface area contributed by atoms with Crippen LogP contribution in [-0.2, 0) is 5.41 Å². The van der Waals surface area contributed by atoms with Crippen molar-refractivity contribution in [1.82, 2.24) is 0 Å². The van der Waals surface area contributed by atoms with E-state index in [1.807, 2.05) is 0 Å². The molecule has 0 bridgehead atoms. The summed E-state index contributed by atoms with van der Waals surface area (Å²) in [6.07, 6.45) is 8.13. The van der Waals surface area contributed by atoms with Gasteiger partial charge in [-0.1, -0.05) is 194 Å². The van der Waals surface area contributed by atoms with Crippen molar-refractivity contribution in [2.45, 2.75) is 17.8 Å². The zero-order valence-corrected chi connectivity index (χ0v) is 32.0. The molecule has 0 saturated carbocycles. The van der Waals surface area contributed by atoms with Crippen molar-refractivity contribution >= 4 is 32.9 Å². The predicted octanol–water partition coefficient (Wildman–Crippen LogP) is 14.8. The van der Waals surface area contributed by atoms with Gasteiger partial charge in [0, 0.05) is 22.9 Å². The SMILES string of the molecule is C1=CC(c2ccccc2)CC=C1N(c1cccc(-c2ccccc2)c1)c1cccc2c1-c1ccccc1C21c2ccc3ccccc3c2-c2cccc3cccc1c23. The maximum Gasteiger partial charge on any atom is 0.0726 e. The van der Waals surface area contributed by atoms with Crippen molar-refractivity contribution in [1.29, 1.82) is 0 Å². The molecule has 9 aromatic rings. The first-order valence-electron chi connectivity index (χ1n) is 20.5. The van der Waals surface area contributed by atoms with Crippen LogP contribution in [0.4, 0.5) is 11.4 Å². The second kappa shape index (κ2) is 12.9. The van der Waals surface area contributed by atoms with Crippen LogP contribution in [0, 0.1) is 0 Å². The van der Waals surface area contributed by atoms with E-state index in [0.29, 0.717) is 5.92 Å². The van der Waals surface area contributed by atoms with Crippen molar-refractivity contribution in [3.63, 3.8) is 0 Å². The average molecular weight is 738 g/mol. The number of benzene rings is 9. The van der Waals surface area contributed by atoms with Crippen LogP contribution >= 0.6 is 0 Å². The van der Waals surface area contributed by atoms with Gasteiger partial charge >= 0.3 is 0 Å². The highest BCUT2D eigenvalue weighted by Crippen LogP contribution is 2.64. The molecule has 9 aromatic carbocycles. The number of anilines is 2. The van der Waals surface area contributed by atoms with Crippen LogP contribution in [0.15, 0.2) is 224 Å². The molecule has 3 aliphatic rings. The van der Waals surface area contributed by atoms with E-state index >= 15 is 0 Å². The fourth-order valence-electron chi connectivity index (χ4n) is 10.6. The van der Waals surface area contributed by atoms with E-state index < -0.39 is 5.41 Å². The third-order valence-corrected chi connectivity index (χ3v) is 13.0. The highest BCUT2D eigenvalue weighted by molar-refractivity contribution is 6.13. The highest BCUT2D eigenvalue weighted by Gasteiger charge is 2.51. The largest absolute Gasteiger partial charge is 0.310 e. The van der Waals surface area contributed by atoms with E-state index in [1.54, 1.807) is 0 Å². The average Bonchev–Trinajstić information content (AvgIpc) is 3.60. The Bertz CT molecular complexity index is 3150. The van der Waals surface area contributed by atoms with Gasteiger partial charge < -0.3 is 4.90 Å². The van der Waals surface area contributed by atoms with Crippen LogP contribution in [-0.4, -0.2) is 0 Å². The Labute approximate surface area is 339 Å². The summed E-state index contributed by atoms with van der Waals surface area (Å²) in [5, 5.41) is 5.19. The molecule has 0 amide bonds. The standard InChI is InChI=1S/C57H39N/c1-3-15-38(16-4-1)40-31-34-44(35-32-40)58(45-23-11-22-43(37-45)39-17-5-2-6-18-39)53-30-14-29-51-56(53)47-25-9-10-27-49(47)57(51)50-28-13-21-42-20-12-26-48(54(42)50)55-46-24-8-7-19-41(46)33-36-52(55)57/h1-31,33-37,40H,32H2. The van der Waals surface area contributed by atoms with Crippen molar-refractivity contribution in [3.05, 3.63) is 252 Å². The molecule has 0 N–H and O–H groups in total. The Morgan fingerprint density at radius 2 is 1.12 bits per heavy atom. The maximum atomic E-state index is 2.53. The second-order valence-electron chi connectivity index (χ2n) is 15.9.